The molecule has 7 nitrogen and oxygen atoms in total. The predicted octanol–water partition coefficient (Wildman–Crippen LogP) is 4.05. The number of nitrogens with zero attached hydrogens (tertiary/aromatic N) is 2. The monoisotopic (exact) mass is 451 g/mol. The van der Waals surface area contributed by atoms with E-state index in [2.05, 4.69) is 10.3 Å². The Kier molecular flexibility index (Phi) is 6.00. The number of halogens is 3. The van der Waals surface area contributed by atoms with Crippen molar-refractivity contribution in [2.75, 3.05) is 18.4 Å². The van der Waals surface area contributed by atoms with Crippen molar-refractivity contribution in [3.63, 3.8) is 0 Å². The Morgan fingerprint density at radius 2 is 1.94 bits per heavy atom. The summed E-state index contributed by atoms with van der Waals surface area (Å²) in [6.07, 6.45) is -5.03. The van der Waals surface area contributed by atoms with Gasteiger partial charge in [-0.25, -0.2) is 9.78 Å². The molecule has 3 atom stereocenters. The van der Waals surface area contributed by atoms with Crippen molar-refractivity contribution < 1.29 is 32.2 Å². The number of alkyl halides is 3. The zero-order chi connectivity index (χ0) is 22.9. The summed E-state index contributed by atoms with van der Waals surface area (Å²) in [6, 6.07) is 11.1. The number of likely N-dealkylation sites (tertiary alicyclic amines) is 1. The molecule has 10 heteroatoms. The van der Waals surface area contributed by atoms with Crippen LogP contribution >= 0.6 is 0 Å². The maximum Gasteiger partial charge on any atom is 0.417 e. The summed E-state index contributed by atoms with van der Waals surface area (Å²) < 4.78 is 55.9. The third-order valence-electron chi connectivity index (χ3n) is 5.32. The molecule has 0 unspecified atom stereocenters. The molecular weight excluding hydrogens is 427 g/mol. The van der Waals surface area contributed by atoms with Gasteiger partial charge in [-0.05, 0) is 31.5 Å². The Balaban J connectivity index is 1.46. The summed E-state index contributed by atoms with van der Waals surface area (Å²) >= 11 is 0. The van der Waals surface area contributed by atoms with E-state index in [1.165, 1.54) is 11.0 Å². The Morgan fingerprint density at radius 3 is 2.59 bits per heavy atom. The topological polar surface area (TPSA) is 72.9 Å². The van der Waals surface area contributed by atoms with Gasteiger partial charge in [0.1, 0.15) is 24.6 Å². The minimum atomic E-state index is -4.47. The molecule has 1 aromatic carbocycles. The van der Waals surface area contributed by atoms with E-state index in [1.54, 1.807) is 13.8 Å². The molecule has 32 heavy (non-hydrogen) atoms. The van der Waals surface area contributed by atoms with Gasteiger partial charge in [-0.15, -0.1) is 0 Å². The quantitative estimate of drug-likeness (QED) is 0.756. The van der Waals surface area contributed by atoms with Crippen LogP contribution in [0.2, 0.25) is 0 Å². The summed E-state index contributed by atoms with van der Waals surface area (Å²) in [5, 5.41) is 3.09. The van der Waals surface area contributed by atoms with Gasteiger partial charge in [-0.2, -0.15) is 13.2 Å². The zero-order valence-electron chi connectivity index (χ0n) is 17.6. The second-order valence-electron chi connectivity index (χ2n) is 8.26. The molecule has 2 saturated heterocycles. The molecule has 1 aromatic heterocycles. The normalized spacial score (nSPS) is 24.7. The average Bonchev–Trinajstić information content (AvgIpc) is 3.06. The summed E-state index contributed by atoms with van der Waals surface area (Å²) in [5.74, 6) is -0.609. The van der Waals surface area contributed by atoms with Crippen molar-refractivity contribution in [2.24, 2.45) is 0 Å². The molecule has 0 aliphatic carbocycles. The Labute approximate surface area is 183 Å². The van der Waals surface area contributed by atoms with Gasteiger partial charge < -0.3 is 24.4 Å². The van der Waals surface area contributed by atoms with Gasteiger partial charge in [-0.1, -0.05) is 30.3 Å². The van der Waals surface area contributed by atoms with E-state index in [9.17, 15) is 18.0 Å². The molecule has 1 amide bonds. The van der Waals surface area contributed by atoms with E-state index in [0.717, 1.165) is 17.8 Å². The van der Waals surface area contributed by atoms with Crippen LogP contribution in [0.4, 0.5) is 23.8 Å². The van der Waals surface area contributed by atoms with Crippen LogP contribution in [-0.4, -0.2) is 53.1 Å². The predicted molar refractivity (Wildman–Crippen MR) is 109 cm³/mol. The van der Waals surface area contributed by atoms with E-state index in [1.807, 2.05) is 30.3 Å². The van der Waals surface area contributed by atoms with E-state index >= 15 is 0 Å². The minimum Gasteiger partial charge on any atom is -0.445 e. The highest BCUT2D eigenvalue weighted by Gasteiger charge is 2.50. The molecular formula is C22H24F3N3O4. The number of anilines is 1. The molecule has 0 bridgehead atoms. The summed E-state index contributed by atoms with van der Waals surface area (Å²) in [6.45, 7) is 4.18. The van der Waals surface area contributed by atoms with Crippen molar-refractivity contribution in [3.05, 3.63) is 59.8 Å². The van der Waals surface area contributed by atoms with Crippen LogP contribution in [0.3, 0.4) is 0 Å². The highest BCUT2D eigenvalue weighted by atomic mass is 19.4. The number of aromatic nitrogens is 1. The molecule has 2 aromatic rings. The Morgan fingerprint density at radius 1 is 1.19 bits per heavy atom. The smallest absolute Gasteiger partial charge is 0.417 e. The molecule has 0 radical (unpaired) electrons. The number of carbonyl (C=O) groups is 1. The first-order valence-electron chi connectivity index (χ1n) is 10.2. The molecule has 2 aliphatic rings. The van der Waals surface area contributed by atoms with E-state index in [4.69, 9.17) is 14.2 Å². The number of rotatable bonds is 4. The van der Waals surface area contributed by atoms with E-state index < -0.39 is 41.9 Å². The highest BCUT2D eigenvalue weighted by Crippen LogP contribution is 2.35. The van der Waals surface area contributed by atoms with Gasteiger partial charge in [0.25, 0.3) is 0 Å². The minimum absolute atomic E-state index is 0.131. The molecule has 172 valence electrons. The number of ether oxygens (including phenoxy) is 3. The van der Waals surface area contributed by atoms with Crippen molar-refractivity contribution in [3.8, 4) is 0 Å². The summed E-state index contributed by atoms with van der Waals surface area (Å²) in [7, 11) is 0. The third-order valence-corrected chi connectivity index (χ3v) is 5.32. The summed E-state index contributed by atoms with van der Waals surface area (Å²) in [5.41, 5.74) is 0.0261. The Bertz CT molecular complexity index is 938. The number of fused-ring (bicyclic) bond motifs is 1. The van der Waals surface area contributed by atoms with E-state index in [-0.39, 0.29) is 25.5 Å². The molecule has 4 rings (SSSR count). The number of amides is 1. The first kappa shape index (κ1) is 22.3. The molecule has 0 spiro atoms. The molecule has 2 aliphatic heterocycles. The average molecular weight is 451 g/mol. The first-order valence-corrected chi connectivity index (χ1v) is 10.2. The molecule has 2 fully saturated rings. The first-order chi connectivity index (χ1) is 15.1. The van der Waals surface area contributed by atoms with E-state index in [0.29, 0.717) is 0 Å². The fourth-order valence-electron chi connectivity index (χ4n) is 3.90. The largest absolute Gasteiger partial charge is 0.445 e. The number of nitrogens with one attached hydrogen (secondary N) is 1. The summed E-state index contributed by atoms with van der Waals surface area (Å²) in [4.78, 5) is 18.1. The fourth-order valence-corrected chi connectivity index (χ4v) is 3.90. The number of pyridine rings is 1. The SMILES string of the molecule is CC1(C)O[C@@H]2[C@@H](Nc3ccc(C(F)(F)F)cn3)CN(C(=O)OCc3ccccc3)C[C@@H]2O1. The second-order valence-corrected chi connectivity index (χ2v) is 8.26. The molecule has 1 N–H and O–H groups in total. The number of piperidine rings is 1. The number of hydrogen-bond donors (Lipinski definition) is 1. The fraction of sp³-hybridized carbons (Fsp3) is 0.455. The van der Waals surface area contributed by atoms with Crippen LogP contribution in [0.5, 0.6) is 0 Å². The van der Waals surface area contributed by atoms with Crippen LogP contribution in [0.25, 0.3) is 0 Å². The third kappa shape index (κ3) is 5.13. The maximum atomic E-state index is 12.8. The highest BCUT2D eigenvalue weighted by molar-refractivity contribution is 5.68. The van der Waals surface area contributed by atoms with Gasteiger partial charge in [-0.3, -0.25) is 0 Å². The number of carbonyl (C=O) groups excluding carboxylic acids is 1. The second kappa shape index (κ2) is 8.59. The number of benzene rings is 1. The van der Waals surface area contributed by atoms with Crippen molar-refractivity contribution >= 4 is 11.9 Å². The lowest BCUT2D eigenvalue weighted by Gasteiger charge is -2.38. The lowest BCUT2D eigenvalue weighted by atomic mass is 10.00. The van der Waals surface area contributed by atoms with Crippen molar-refractivity contribution in [1.82, 2.24) is 9.88 Å². The lowest BCUT2D eigenvalue weighted by Crippen LogP contribution is -2.58. The van der Waals surface area contributed by atoms with Gasteiger partial charge in [0, 0.05) is 12.7 Å². The maximum absolute atomic E-state index is 12.8. The number of hydrogen-bond acceptors (Lipinski definition) is 6. The van der Waals surface area contributed by atoms with Gasteiger partial charge >= 0.3 is 12.3 Å². The van der Waals surface area contributed by atoms with Crippen molar-refractivity contribution in [2.45, 2.75) is 50.7 Å². The van der Waals surface area contributed by atoms with Crippen molar-refractivity contribution in [1.29, 1.82) is 0 Å². The van der Waals surface area contributed by atoms with Crippen LogP contribution in [-0.2, 0) is 27.0 Å². The molecule has 3 heterocycles. The van der Waals surface area contributed by atoms with Crippen LogP contribution in [0, 0.1) is 0 Å². The molecule has 0 saturated carbocycles. The van der Waals surface area contributed by atoms with Crippen LogP contribution < -0.4 is 5.32 Å². The van der Waals surface area contributed by atoms with Gasteiger partial charge in [0.05, 0.1) is 18.2 Å². The van der Waals surface area contributed by atoms with Gasteiger partial charge in [0.15, 0.2) is 5.79 Å². The lowest BCUT2D eigenvalue weighted by molar-refractivity contribution is -0.145. The standard InChI is InChI=1S/C22H24F3N3O4/c1-21(2)31-17-12-28(20(29)30-13-14-6-4-3-5-7-14)11-16(19(17)32-21)27-18-9-8-15(10-26-18)22(23,24)25/h3-10,16-17,19H,11-13H2,1-2H3,(H,26,27)/t16-,17-,19+/m0/s1. The van der Waals surface area contributed by atoms with Crippen LogP contribution in [0.1, 0.15) is 25.0 Å². The zero-order valence-corrected chi connectivity index (χ0v) is 17.6. The van der Waals surface area contributed by atoms with Crippen LogP contribution in [0.15, 0.2) is 48.7 Å². The van der Waals surface area contributed by atoms with Gasteiger partial charge in [0.2, 0.25) is 0 Å². The Hall–Kier alpha value is -2.85.